The van der Waals surface area contributed by atoms with Crippen LogP contribution in [0.1, 0.15) is 19.3 Å². The Balaban J connectivity index is 2.43. The zero-order valence-electron chi connectivity index (χ0n) is 11.2. The molecular weight excluding hydrogens is 349 g/mol. The highest BCUT2D eigenvalue weighted by Crippen LogP contribution is 2.64. The normalized spacial score (nSPS) is 32.8. The summed E-state index contributed by atoms with van der Waals surface area (Å²) in [7, 11) is 0. The van der Waals surface area contributed by atoms with Crippen molar-refractivity contribution in [1.82, 2.24) is 4.90 Å². The maximum atomic E-state index is 13.9. The van der Waals surface area contributed by atoms with Crippen LogP contribution in [-0.2, 0) is 9.53 Å². The van der Waals surface area contributed by atoms with Gasteiger partial charge in [-0.25, -0.2) is 0 Å². The number of rotatable bonds is 2. The molecule has 2 saturated heterocycles. The summed E-state index contributed by atoms with van der Waals surface area (Å²) in [5, 5.41) is 0. The van der Waals surface area contributed by atoms with E-state index in [1.54, 1.807) is 0 Å². The molecular formula is C11H10F9NO2. The van der Waals surface area contributed by atoms with Crippen LogP contribution in [0.5, 0.6) is 0 Å². The minimum atomic E-state index is -6.63. The third kappa shape index (κ3) is 2.13. The highest BCUT2D eigenvalue weighted by Gasteiger charge is 2.96. The Morgan fingerprint density at radius 2 is 1.35 bits per heavy atom. The lowest BCUT2D eigenvalue weighted by atomic mass is 9.98. The van der Waals surface area contributed by atoms with Crippen molar-refractivity contribution in [3.63, 3.8) is 0 Å². The average molecular weight is 359 g/mol. The molecule has 1 atom stereocenters. The van der Waals surface area contributed by atoms with Crippen molar-refractivity contribution in [2.45, 2.75) is 49.0 Å². The van der Waals surface area contributed by atoms with Gasteiger partial charge >= 0.3 is 29.7 Å². The summed E-state index contributed by atoms with van der Waals surface area (Å²) >= 11 is 0. The number of nitrogens with zero attached hydrogens (tertiary/aromatic N) is 1. The topological polar surface area (TPSA) is 29.5 Å². The molecule has 0 aromatic heterocycles. The van der Waals surface area contributed by atoms with E-state index in [4.69, 9.17) is 0 Å². The number of hydrogen-bond acceptors (Lipinski definition) is 2. The molecule has 2 aliphatic rings. The smallest absolute Gasteiger partial charge is 0.337 e. The van der Waals surface area contributed by atoms with Crippen molar-refractivity contribution in [3.05, 3.63) is 0 Å². The second-order valence-electron chi connectivity index (χ2n) is 5.29. The molecule has 2 heterocycles. The van der Waals surface area contributed by atoms with Crippen molar-refractivity contribution >= 4 is 5.91 Å². The van der Waals surface area contributed by atoms with Gasteiger partial charge in [-0.15, -0.1) is 0 Å². The number of hydrogen-bond donors (Lipinski definition) is 0. The maximum absolute atomic E-state index is 13.9. The van der Waals surface area contributed by atoms with E-state index in [0.29, 0.717) is 6.42 Å². The van der Waals surface area contributed by atoms with Crippen LogP contribution in [0.2, 0.25) is 0 Å². The molecule has 0 radical (unpaired) electrons. The molecule has 23 heavy (non-hydrogen) atoms. The van der Waals surface area contributed by atoms with Crippen LogP contribution in [0.25, 0.3) is 0 Å². The van der Waals surface area contributed by atoms with E-state index in [2.05, 4.69) is 4.74 Å². The van der Waals surface area contributed by atoms with Gasteiger partial charge in [0.15, 0.2) is 0 Å². The third-order valence-electron chi connectivity index (χ3n) is 3.75. The number of amides is 1. The molecule has 1 amide bonds. The van der Waals surface area contributed by atoms with E-state index < -0.39 is 35.6 Å². The fourth-order valence-electron chi connectivity index (χ4n) is 2.38. The van der Waals surface area contributed by atoms with Gasteiger partial charge in [0.1, 0.15) is 0 Å². The summed E-state index contributed by atoms with van der Waals surface area (Å²) < 4.78 is 122. The molecule has 3 nitrogen and oxygen atoms in total. The Hall–Kier alpha value is -1.20. The first-order valence-corrected chi connectivity index (χ1v) is 6.42. The lowest BCUT2D eigenvalue weighted by Gasteiger charge is -2.36. The Bertz CT molecular complexity index is 504. The Morgan fingerprint density at radius 1 is 0.870 bits per heavy atom. The SMILES string of the molecule is O=C(N1CCCCC1)C(F)(F)[C@@]1(F)OC(F)(F)C(F)(F)C1(F)F. The Kier molecular flexibility index (Phi) is 3.86. The summed E-state index contributed by atoms with van der Waals surface area (Å²) in [5.41, 5.74) is 0. The predicted octanol–water partition coefficient (Wildman–Crippen LogP) is 3.19. The number of likely N-dealkylation sites (tertiary alicyclic amines) is 1. The highest BCUT2D eigenvalue weighted by molar-refractivity contribution is 5.85. The fourth-order valence-corrected chi connectivity index (χ4v) is 2.38. The molecule has 0 aromatic carbocycles. The van der Waals surface area contributed by atoms with E-state index >= 15 is 0 Å². The molecule has 2 rings (SSSR count). The van der Waals surface area contributed by atoms with Gasteiger partial charge in [0.2, 0.25) is 0 Å². The molecule has 2 aliphatic heterocycles. The second kappa shape index (κ2) is 4.90. The van der Waals surface area contributed by atoms with E-state index in [-0.39, 0.29) is 30.8 Å². The third-order valence-corrected chi connectivity index (χ3v) is 3.75. The van der Waals surface area contributed by atoms with Crippen LogP contribution in [0.4, 0.5) is 39.5 Å². The lowest BCUT2D eigenvalue weighted by Crippen LogP contribution is -2.65. The largest absolute Gasteiger partial charge is 0.428 e. The van der Waals surface area contributed by atoms with Crippen molar-refractivity contribution in [3.8, 4) is 0 Å². The summed E-state index contributed by atoms with van der Waals surface area (Å²) in [4.78, 5) is 11.8. The first-order valence-electron chi connectivity index (χ1n) is 6.42. The van der Waals surface area contributed by atoms with Gasteiger partial charge in [-0.3, -0.25) is 9.53 Å². The van der Waals surface area contributed by atoms with Crippen LogP contribution in [0.15, 0.2) is 0 Å². The molecule has 0 saturated carbocycles. The van der Waals surface area contributed by atoms with E-state index in [9.17, 15) is 44.3 Å². The van der Waals surface area contributed by atoms with Crippen LogP contribution in [-0.4, -0.2) is 53.6 Å². The van der Waals surface area contributed by atoms with E-state index in [0.717, 1.165) is 0 Å². The average Bonchev–Trinajstić information content (AvgIpc) is 2.55. The highest BCUT2D eigenvalue weighted by atomic mass is 19.4. The predicted molar refractivity (Wildman–Crippen MR) is 55.1 cm³/mol. The van der Waals surface area contributed by atoms with Crippen molar-refractivity contribution in [1.29, 1.82) is 0 Å². The number of ether oxygens (including phenoxy) is 1. The van der Waals surface area contributed by atoms with Gasteiger partial charge in [-0.05, 0) is 19.3 Å². The number of alkyl halides is 9. The van der Waals surface area contributed by atoms with Gasteiger partial charge < -0.3 is 4.90 Å². The van der Waals surface area contributed by atoms with E-state index in [1.807, 2.05) is 0 Å². The zero-order valence-corrected chi connectivity index (χ0v) is 11.2. The fraction of sp³-hybridized carbons (Fsp3) is 0.909. The zero-order chi connectivity index (χ0) is 17.9. The Labute approximate surface area is 123 Å². The minimum absolute atomic E-state index is 0.185. The van der Waals surface area contributed by atoms with Crippen LogP contribution < -0.4 is 0 Å². The molecule has 134 valence electrons. The van der Waals surface area contributed by atoms with Gasteiger partial charge in [-0.1, -0.05) is 0 Å². The minimum Gasteiger partial charge on any atom is -0.337 e. The first-order chi connectivity index (χ1) is 10.2. The molecule has 2 fully saturated rings. The maximum Gasteiger partial charge on any atom is 0.428 e. The Morgan fingerprint density at radius 3 is 1.74 bits per heavy atom. The van der Waals surface area contributed by atoms with Gasteiger partial charge in [0.25, 0.3) is 5.91 Å². The molecule has 0 aliphatic carbocycles. The number of halogens is 9. The van der Waals surface area contributed by atoms with Crippen LogP contribution in [0.3, 0.4) is 0 Å². The number of carbonyl (C=O) groups is 1. The molecule has 12 heteroatoms. The molecule has 0 aromatic rings. The second-order valence-corrected chi connectivity index (χ2v) is 5.29. The van der Waals surface area contributed by atoms with Gasteiger partial charge in [0.05, 0.1) is 0 Å². The number of piperidine rings is 1. The van der Waals surface area contributed by atoms with Crippen molar-refractivity contribution in [2.24, 2.45) is 0 Å². The summed E-state index contributed by atoms with van der Waals surface area (Å²) in [6.45, 7) is -0.744. The molecule has 0 unspecified atom stereocenters. The van der Waals surface area contributed by atoms with E-state index in [1.165, 1.54) is 0 Å². The summed E-state index contributed by atoms with van der Waals surface area (Å²) in [6.07, 6.45) is -5.33. The quantitative estimate of drug-likeness (QED) is 0.709. The van der Waals surface area contributed by atoms with Crippen molar-refractivity contribution in [2.75, 3.05) is 13.1 Å². The number of carbonyl (C=O) groups excluding carboxylic acids is 1. The summed E-state index contributed by atoms with van der Waals surface area (Å²) in [6, 6.07) is 0. The van der Waals surface area contributed by atoms with Crippen molar-refractivity contribution < 1.29 is 49.0 Å². The van der Waals surface area contributed by atoms with Crippen LogP contribution >= 0.6 is 0 Å². The molecule has 0 spiro atoms. The summed E-state index contributed by atoms with van der Waals surface area (Å²) in [5.74, 6) is -27.9. The lowest BCUT2D eigenvalue weighted by molar-refractivity contribution is -0.368. The molecule has 0 N–H and O–H groups in total. The van der Waals surface area contributed by atoms with Crippen LogP contribution in [0, 0.1) is 0 Å². The van der Waals surface area contributed by atoms with Gasteiger partial charge in [-0.2, -0.15) is 39.5 Å². The molecule has 0 bridgehead atoms. The monoisotopic (exact) mass is 359 g/mol. The van der Waals surface area contributed by atoms with Gasteiger partial charge in [0, 0.05) is 13.1 Å². The first kappa shape index (κ1) is 18.1. The standard InChI is InChI=1S/C11H10F9NO2/c12-7(13,6(22)21-4-2-1-3-5-21)10(18)8(14,15)9(16,17)11(19,20)23-10/h1-5H2/t10-/m1/s1.